The molecule has 0 aliphatic carbocycles. The number of pyridine rings is 1. The first-order valence-corrected chi connectivity index (χ1v) is 4.55. The topological polar surface area (TPSA) is 105 Å². The normalized spacial score (nSPS) is 11.1. The number of amides is 1. The molecule has 1 aromatic heterocycles. The van der Waals surface area contributed by atoms with Gasteiger partial charge < -0.3 is 16.2 Å². The Morgan fingerprint density at radius 2 is 2.00 bits per heavy atom. The Morgan fingerprint density at radius 3 is 2.44 bits per heavy atom. The van der Waals surface area contributed by atoms with Gasteiger partial charge in [0.05, 0.1) is 5.56 Å². The van der Waals surface area contributed by atoms with E-state index in [2.05, 4.69) is 10.3 Å². The van der Waals surface area contributed by atoms with Crippen molar-refractivity contribution in [3.8, 4) is 0 Å². The van der Waals surface area contributed by atoms with E-state index in [0.717, 1.165) is 6.07 Å². The molecule has 0 saturated heterocycles. The lowest BCUT2D eigenvalue weighted by atomic mass is 10.2. The first-order chi connectivity index (χ1) is 8.21. The van der Waals surface area contributed by atoms with Crippen LogP contribution in [0.15, 0.2) is 12.1 Å². The molecule has 6 nitrogen and oxygen atoms in total. The van der Waals surface area contributed by atoms with Crippen LogP contribution in [0.4, 0.5) is 19.0 Å². The van der Waals surface area contributed by atoms with Gasteiger partial charge in [-0.3, -0.25) is 9.59 Å². The van der Waals surface area contributed by atoms with Crippen LogP contribution in [0.1, 0.15) is 16.1 Å². The zero-order valence-electron chi connectivity index (χ0n) is 8.78. The van der Waals surface area contributed by atoms with Crippen molar-refractivity contribution in [3.63, 3.8) is 0 Å². The van der Waals surface area contributed by atoms with Crippen LogP contribution < -0.4 is 11.1 Å². The zero-order valence-corrected chi connectivity index (χ0v) is 8.78. The van der Waals surface area contributed by atoms with Crippen molar-refractivity contribution >= 4 is 17.7 Å². The summed E-state index contributed by atoms with van der Waals surface area (Å²) in [4.78, 5) is 24.4. The average molecular weight is 263 g/mol. The molecule has 4 N–H and O–H groups in total. The SMILES string of the molecule is NC(=O)c1ccc(C(F)(F)F)nc1NCC(=O)O. The molecular formula is C9H8F3N3O3. The molecule has 0 spiro atoms. The van der Waals surface area contributed by atoms with E-state index in [1.54, 1.807) is 0 Å². The highest BCUT2D eigenvalue weighted by molar-refractivity contribution is 5.97. The van der Waals surface area contributed by atoms with Gasteiger partial charge in [-0.1, -0.05) is 0 Å². The molecule has 0 unspecified atom stereocenters. The van der Waals surface area contributed by atoms with E-state index in [-0.39, 0.29) is 5.56 Å². The monoisotopic (exact) mass is 263 g/mol. The van der Waals surface area contributed by atoms with Crippen molar-refractivity contribution in [1.82, 2.24) is 4.98 Å². The quantitative estimate of drug-likeness (QED) is 0.741. The number of halogens is 3. The van der Waals surface area contributed by atoms with Gasteiger partial charge in [-0.05, 0) is 12.1 Å². The molecule has 98 valence electrons. The highest BCUT2D eigenvalue weighted by atomic mass is 19.4. The number of hydrogen-bond donors (Lipinski definition) is 3. The third-order valence-electron chi connectivity index (χ3n) is 1.86. The molecule has 18 heavy (non-hydrogen) atoms. The fourth-order valence-corrected chi connectivity index (χ4v) is 1.11. The number of nitrogens with one attached hydrogen (secondary N) is 1. The summed E-state index contributed by atoms with van der Waals surface area (Å²) in [6, 6.07) is 1.42. The Labute approximate surface area is 98.6 Å². The average Bonchev–Trinajstić information content (AvgIpc) is 2.24. The van der Waals surface area contributed by atoms with E-state index in [0.29, 0.717) is 6.07 Å². The number of hydrogen-bond acceptors (Lipinski definition) is 4. The van der Waals surface area contributed by atoms with Gasteiger partial charge in [0, 0.05) is 0 Å². The third-order valence-corrected chi connectivity index (χ3v) is 1.86. The molecule has 1 rings (SSSR count). The molecular weight excluding hydrogens is 255 g/mol. The van der Waals surface area contributed by atoms with E-state index in [1.165, 1.54) is 0 Å². The summed E-state index contributed by atoms with van der Waals surface area (Å²) in [6.45, 7) is -0.686. The van der Waals surface area contributed by atoms with Crippen molar-refractivity contribution in [2.24, 2.45) is 5.73 Å². The molecule has 9 heteroatoms. The van der Waals surface area contributed by atoms with Crippen LogP contribution in [-0.4, -0.2) is 28.5 Å². The number of alkyl halides is 3. The maximum absolute atomic E-state index is 12.4. The smallest absolute Gasteiger partial charge is 0.433 e. The van der Waals surface area contributed by atoms with Crippen LogP contribution in [0.25, 0.3) is 0 Å². The number of nitrogens with two attached hydrogens (primary N) is 1. The lowest BCUT2D eigenvalue weighted by molar-refractivity contribution is -0.141. The number of carboxylic acids is 1. The van der Waals surface area contributed by atoms with E-state index < -0.39 is 36.1 Å². The number of rotatable bonds is 4. The molecule has 0 atom stereocenters. The van der Waals surface area contributed by atoms with Gasteiger partial charge in [0.15, 0.2) is 0 Å². The van der Waals surface area contributed by atoms with Gasteiger partial charge in [0.25, 0.3) is 5.91 Å². The second-order valence-corrected chi connectivity index (χ2v) is 3.20. The molecule has 1 amide bonds. The Bertz CT molecular complexity index is 488. The second kappa shape index (κ2) is 4.90. The number of anilines is 1. The van der Waals surface area contributed by atoms with Crippen molar-refractivity contribution < 1.29 is 27.9 Å². The van der Waals surface area contributed by atoms with Gasteiger partial charge in [-0.2, -0.15) is 13.2 Å². The summed E-state index contributed by atoms with van der Waals surface area (Å²) >= 11 is 0. The number of aromatic nitrogens is 1. The van der Waals surface area contributed by atoms with E-state index in [1.807, 2.05) is 0 Å². The van der Waals surface area contributed by atoms with Gasteiger partial charge in [-0.25, -0.2) is 4.98 Å². The van der Waals surface area contributed by atoms with Crippen LogP contribution in [0.2, 0.25) is 0 Å². The van der Waals surface area contributed by atoms with Gasteiger partial charge >= 0.3 is 12.1 Å². The Hall–Kier alpha value is -2.32. The van der Waals surface area contributed by atoms with E-state index in [4.69, 9.17) is 10.8 Å². The third kappa shape index (κ3) is 3.34. The zero-order chi connectivity index (χ0) is 13.9. The molecule has 0 aliphatic heterocycles. The summed E-state index contributed by atoms with van der Waals surface area (Å²) < 4.78 is 37.1. The standard InChI is InChI=1S/C9H8F3N3O3/c10-9(11,12)5-2-1-4(7(13)18)8(15-5)14-3-6(16)17/h1-2H,3H2,(H2,13,18)(H,14,15)(H,16,17). The van der Waals surface area contributed by atoms with Crippen LogP contribution in [0.5, 0.6) is 0 Å². The minimum absolute atomic E-state index is 0.316. The lowest BCUT2D eigenvalue weighted by Crippen LogP contribution is -2.21. The maximum Gasteiger partial charge on any atom is 0.433 e. The minimum atomic E-state index is -4.70. The number of primary amides is 1. The predicted molar refractivity (Wildman–Crippen MR) is 53.9 cm³/mol. The fraction of sp³-hybridized carbons (Fsp3) is 0.222. The van der Waals surface area contributed by atoms with Gasteiger partial charge in [-0.15, -0.1) is 0 Å². The molecule has 0 bridgehead atoms. The highest BCUT2D eigenvalue weighted by Gasteiger charge is 2.33. The number of carbonyl (C=O) groups excluding carboxylic acids is 1. The highest BCUT2D eigenvalue weighted by Crippen LogP contribution is 2.29. The predicted octanol–water partition coefficient (Wildman–Crippen LogP) is 0.696. The van der Waals surface area contributed by atoms with Crippen LogP contribution in [0.3, 0.4) is 0 Å². The number of aliphatic carboxylic acids is 1. The summed E-state index contributed by atoms with van der Waals surface area (Å²) in [6.07, 6.45) is -4.70. The first-order valence-electron chi connectivity index (χ1n) is 4.55. The molecule has 1 aromatic rings. The Balaban J connectivity index is 3.15. The van der Waals surface area contributed by atoms with Crippen molar-refractivity contribution in [3.05, 3.63) is 23.4 Å². The van der Waals surface area contributed by atoms with Crippen molar-refractivity contribution in [2.45, 2.75) is 6.18 Å². The van der Waals surface area contributed by atoms with Crippen LogP contribution >= 0.6 is 0 Å². The molecule has 1 heterocycles. The molecule has 0 fully saturated rings. The molecule has 0 radical (unpaired) electrons. The first kappa shape index (κ1) is 13.7. The summed E-state index contributed by atoms with van der Waals surface area (Å²) in [5, 5.41) is 10.5. The lowest BCUT2D eigenvalue weighted by Gasteiger charge is -2.11. The Kier molecular flexibility index (Phi) is 3.74. The van der Waals surface area contributed by atoms with Crippen LogP contribution in [0, 0.1) is 0 Å². The molecule has 0 saturated carbocycles. The maximum atomic E-state index is 12.4. The largest absolute Gasteiger partial charge is 0.480 e. The van der Waals surface area contributed by atoms with Gasteiger partial charge in [0.1, 0.15) is 18.1 Å². The summed E-state index contributed by atoms with van der Waals surface area (Å²) in [5.74, 6) is -2.84. The fourth-order valence-electron chi connectivity index (χ4n) is 1.11. The summed E-state index contributed by atoms with van der Waals surface area (Å²) in [5.41, 5.74) is 3.37. The molecule has 0 aliphatic rings. The van der Waals surface area contributed by atoms with E-state index >= 15 is 0 Å². The summed E-state index contributed by atoms with van der Waals surface area (Å²) in [7, 11) is 0. The molecule has 0 aromatic carbocycles. The van der Waals surface area contributed by atoms with Crippen molar-refractivity contribution in [2.75, 3.05) is 11.9 Å². The van der Waals surface area contributed by atoms with Crippen LogP contribution in [-0.2, 0) is 11.0 Å². The van der Waals surface area contributed by atoms with Crippen molar-refractivity contribution in [1.29, 1.82) is 0 Å². The minimum Gasteiger partial charge on any atom is -0.480 e. The number of nitrogens with zero attached hydrogens (tertiary/aromatic N) is 1. The van der Waals surface area contributed by atoms with Gasteiger partial charge in [0.2, 0.25) is 0 Å². The Morgan fingerprint density at radius 1 is 1.39 bits per heavy atom. The van der Waals surface area contributed by atoms with E-state index in [9.17, 15) is 22.8 Å². The number of carbonyl (C=O) groups is 2. The number of carboxylic acid groups (broad SMARTS) is 1. The second-order valence-electron chi connectivity index (χ2n) is 3.20.